The molecule has 8 rings (SSSR count). The maximum Gasteiger partial charge on any atom is 0.0353 e. The molecule has 0 unspecified atom stereocenters. The van der Waals surface area contributed by atoms with E-state index >= 15 is 0 Å². The van der Waals surface area contributed by atoms with E-state index in [-0.39, 0.29) is 0 Å². The normalized spacial score (nSPS) is 11.8. The van der Waals surface area contributed by atoms with E-state index in [1.54, 1.807) is 0 Å². The van der Waals surface area contributed by atoms with Crippen molar-refractivity contribution in [3.8, 4) is 44.5 Å². The summed E-state index contributed by atoms with van der Waals surface area (Å²) in [5.74, 6) is 0. The Balaban J connectivity index is 1.35. The number of hydrogen-bond donors (Lipinski definition) is 0. The number of aromatic nitrogens is 1. The molecule has 1 heterocycles. The zero-order valence-corrected chi connectivity index (χ0v) is 26.3. The van der Waals surface area contributed by atoms with Gasteiger partial charge in [-0.1, -0.05) is 158 Å². The highest BCUT2D eigenvalue weighted by Crippen LogP contribution is 2.44. The van der Waals surface area contributed by atoms with Gasteiger partial charge in [-0.15, -0.1) is 0 Å². The van der Waals surface area contributed by atoms with Gasteiger partial charge in [0.05, 0.1) is 0 Å². The molecule has 0 spiro atoms. The van der Waals surface area contributed by atoms with Crippen molar-refractivity contribution in [2.45, 2.75) is 6.92 Å². The SMILES string of the molecule is C/C=C\C=C/c1cc(-c2ccccc2)c2ccccc2c1-c1ccc(-c2c3ccccc3c(-c3ccccc3)c3ccncc23)cc1. The molecule has 0 fully saturated rings. The zero-order valence-electron chi connectivity index (χ0n) is 26.3. The van der Waals surface area contributed by atoms with Crippen LogP contribution in [0.5, 0.6) is 0 Å². The highest BCUT2D eigenvalue weighted by atomic mass is 14.6. The van der Waals surface area contributed by atoms with Gasteiger partial charge < -0.3 is 0 Å². The molecule has 1 nitrogen and oxygen atoms in total. The fraction of sp³-hybridized carbons (Fsp3) is 0.0217. The number of pyridine rings is 1. The third-order valence-corrected chi connectivity index (χ3v) is 9.09. The maximum atomic E-state index is 4.61. The number of hydrogen-bond acceptors (Lipinski definition) is 1. The molecule has 1 heteroatoms. The molecule has 8 aromatic rings. The second-order valence-corrected chi connectivity index (χ2v) is 11.8. The van der Waals surface area contributed by atoms with Crippen molar-refractivity contribution < 1.29 is 0 Å². The Bertz CT molecular complexity index is 2380. The summed E-state index contributed by atoms with van der Waals surface area (Å²) in [7, 11) is 0. The van der Waals surface area contributed by atoms with Gasteiger partial charge in [0.15, 0.2) is 0 Å². The largest absolute Gasteiger partial charge is 0.264 e. The molecule has 222 valence electrons. The Morgan fingerprint density at radius 1 is 0.426 bits per heavy atom. The Morgan fingerprint density at radius 2 is 0.915 bits per heavy atom. The number of nitrogens with zero attached hydrogens (tertiary/aromatic N) is 1. The predicted octanol–water partition coefficient (Wildman–Crippen LogP) is 12.8. The quantitative estimate of drug-likeness (QED) is 0.137. The number of fused-ring (bicyclic) bond motifs is 3. The highest BCUT2D eigenvalue weighted by molar-refractivity contribution is 6.21. The van der Waals surface area contributed by atoms with E-state index in [9.17, 15) is 0 Å². The lowest BCUT2D eigenvalue weighted by Gasteiger charge is -2.18. The third-order valence-electron chi connectivity index (χ3n) is 9.09. The molecular formula is C46H33N. The van der Waals surface area contributed by atoms with Crippen LogP contribution in [0.3, 0.4) is 0 Å². The molecule has 0 bridgehead atoms. The van der Waals surface area contributed by atoms with Gasteiger partial charge in [-0.3, -0.25) is 4.98 Å². The molecule has 0 aliphatic rings. The second kappa shape index (κ2) is 12.4. The fourth-order valence-corrected chi connectivity index (χ4v) is 7.03. The van der Waals surface area contributed by atoms with Crippen LogP contribution in [-0.2, 0) is 0 Å². The summed E-state index contributed by atoms with van der Waals surface area (Å²) in [6.07, 6.45) is 12.5. The van der Waals surface area contributed by atoms with Gasteiger partial charge in [0, 0.05) is 17.8 Å². The minimum Gasteiger partial charge on any atom is -0.264 e. The lowest BCUT2D eigenvalue weighted by molar-refractivity contribution is 1.37. The third kappa shape index (κ3) is 5.13. The van der Waals surface area contributed by atoms with Gasteiger partial charge >= 0.3 is 0 Å². The standard InChI is InChI=1S/C46H33N/c1-2-3-6-19-36-30-42(32-15-7-4-8-16-32)37-20-11-12-21-38(37)44(36)34-24-26-35(27-25-34)46-40-23-14-13-22-39(40)45(33-17-9-5-10-18-33)41-28-29-47-31-43(41)46/h2-31H,1H3/b3-2-,19-6-. The van der Waals surface area contributed by atoms with Crippen molar-refractivity contribution in [3.05, 3.63) is 182 Å². The van der Waals surface area contributed by atoms with Crippen LogP contribution in [0.2, 0.25) is 0 Å². The van der Waals surface area contributed by atoms with Crippen LogP contribution in [0.1, 0.15) is 12.5 Å². The molecule has 7 aromatic carbocycles. The molecule has 1 aromatic heterocycles. The molecule has 0 radical (unpaired) electrons. The summed E-state index contributed by atoms with van der Waals surface area (Å²) in [5, 5.41) is 7.34. The Labute approximate surface area is 275 Å². The van der Waals surface area contributed by atoms with Crippen LogP contribution in [0, 0.1) is 0 Å². The lowest BCUT2D eigenvalue weighted by atomic mass is 9.85. The van der Waals surface area contributed by atoms with E-state index in [1.165, 1.54) is 77.0 Å². The molecule has 0 aliphatic carbocycles. The topological polar surface area (TPSA) is 12.9 Å². The monoisotopic (exact) mass is 599 g/mol. The first-order chi connectivity index (χ1) is 23.3. The molecule has 47 heavy (non-hydrogen) atoms. The summed E-state index contributed by atoms with van der Waals surface area (Å²) >= 11 is 0. The molecule has 0 atom stereocenters. The van der Waals surface area contributed by atoms with Crippen molar-refractivity contribution in [2.24, 2.45) is 0 Å². The maximum absolute atomic E-state index is 4.61. The van der Waals surface area contributed by atoms with Gasteiger partial charge in [0.2, 0.25) is 0 Å². The minimum atomic E-state index is 1.16. The second-order valence-electron chi connectivity index (χ2n) is 11.8. The summed E-state index contributed by atoms with van der Waals surface area (Å²) in [5.41, 5.74) is 10.9. The highest BCUT2D eigenvalue weighted by Gasteiger charge is 2.18. The lowest BCUT2D eigenvalue weighted by Crippen LogP contribution is -1.93. The fourth-order valence-electron chi connectivity index (χ4n) is 7.03. The van der Waals surface area contributed by atoms with Crippen molar-refractivity contribution in [3.63, 3.8) is 0 Å². The molecule has 0 saturated carbocycles. The molecule has 0 amide bonds. The van der Waals surface area contributed by atoms with Crippen LogP contribution in [0.25, 0.3) is 82.9 Å². The van der Waals surface area contributed by atoms with E-state index in [0.717, 1.165) is 5.39 Å². The van der Waals surface area contributed by atoms with E-state index in [0.29, 0.717) is 0 Å². The van der Waals surface area contributed by atoms with Crippen LogP contribution >= 0.6 is 0 Å². The van der Waals surface area contributed by atoms with Gasteiger partial charge in [0.1, 0.15) is 0 Å². The van der Waals surface area contributed by atoms with Gasteiger partial charge in [-0.2, -0.15) is 0 Å². The van der Waals surface area contributed by atoms with Gasteiger partial charge in [0.25, 0.3) is 0 Å². The van der Waals surface area contributed by atoms with E-state index < -0.39 is 0 Å². The predicted molar refractivity (Wildman–Crippen MR) is 202 cm³/mol. The van der Waals surface area contributed by atoms with Crippen molar-refractivity contribution >= 4 is 38.4 Å². The summed E-state index contributed by atoms with van der Waals surface area (Å²) in [6.45, 7) is 2.05. The zero-order chi connectivity index (χ0) is 31.6. The van der Waals surface area contributed by atoms with E-state index in [2.05, 4.69) is 182 Å². The van der Waals surface area contributed by atoms with Crippen LogP contribution in [-0.4, -0.2) is 4.98 Å². The van der Waals surface area contributed by atoms with Crippen molar-refractivity contribution in [1.82, 2.24) is 4.98 Å². The Hall–Kier alpha value is -6.05. The first-order valence-corrected chi connectivity index (χ1v) is 16.2. The number of allylic oxidation sites excluding steroid dienone is 3. The first kappa shape index (κ1) is 28.4. The van der Waals surface area contributed by atoms with Crippen LogP contribution in [0.15, 0.2) is 176 Å². The summed E-state index contributed by atoms with van der Waals surface area (Å²) in [6, 6.07) is 52.6. The molecular weight excluding hydrogens is 567 g/mol. The smallest absolute Gasteiger partial charge is 0.0353 e. The number of rotatable bonds is 6. The number of benzene rings is 7. The van der Waals surface area contributed by atoms with Crippen LogP contribution < -0.4 is 0 Å². The van der Waals surface area contributed by atoms with Gasteiger partial charge in [-0.05, 0) is 96.1 Å². The minimum absolute atomic E-state index is 1.16. The van der Waals surface area contributed by atoms with E-state index in [1.807, 2.05) is 12.4 Å². The first-order valence-electron chi connectivity index (χ1n) is 16.2. The van der Waals surface area contributed by atoms with Crippen molar-refractivity contribution in [2.75, 3.05) is 0 Å². The Morgan fingerprint density at radius 3 is 1.55 bits per heavy atom. The molecule has 0 saturated heterocycles. The molecule has 0 N–H and O–H groups in total. The average molecular weight is 600 g/mol. The average Bonchev–Trinajstić information content (AvgIpc) is 3.14. The van der Waals surface area contributed by atoms with Gasteiger partial charge in [-0.25, -0.2) is 0 Å². The summed E-state index contributed by atoms with van der Waals surface area (Å²) < 4.78 is 0. The van der Waals surface area contributed by atoms with Crippen LogP contribution in [0.4, 0.5) is 0 Å². The van der Waals surface area contributed by atoms with Crippen molar-refractivity contribution in [1.29, 1.82) is 0 Å². The Kier molecular flexibility index (Phi) is 7.49. The molecule has 0 aliphatic heterocycles. The summed E-state index contributed by atoms with van der Waals surface area (Å²) in [4.78, 5) is 4.61. The van der Waals surface area contributed by atoms with E-state index in [4.69, 9.17) is 0 Å².